The van der Waals surface area contributed by atoms with Crippen molar-refractivity contribution in [2.45, 2.75) is 89.4 Å². The van der Waals surface area contributed by atoms with Gasteiger partial charge in [-0.1, -0.05) is 149 Å². The molecule has 0 unspecified atom stereocenters. The largest absolute Gasteiger partial charge is 0.310 e. The number of nitrogens with zero attached hydrogens (tertiary/aromatic N) is 1. The third-order valence-corrected chi connectivity index (χ3v) is 13.9. The van der Waals surface area contributed by atoms with Crippen LogP contribution in [0.4, 0.5) is 17.1 Å². The number of aryl methyl sites for hydroxylation is 3. The van der Waals surface area contributed by atoms with E-state index in [-0.39, 0.29) is 10.8 Å². The summed E-state index contributed by atoms with van der Waals surface area (Å²) in [5.41, 5.74) is 21.2. The molecule has 7 aromatic carbocycles. The predicted molar refractivity (Wildman–Crippen MR) is 241 cm³/mol. The first kappa shape index (κ1) is 35.7. The quantitative estimate of drug-likeness (QED) is 0.164. The molecule has 0 fully saturated rings. The van der Waals surface area contributed by atoms with Crippen LogP contribution in [0.2, 0.25) is 0 Å². The molecule has 0 aromatic heterocycles. The van der Waals surface area contributed by atoms with Crippen molar-refractivity contribution >= 4 is 17.1 Å². The second kappa shape index (κ2) is 13.5. The van der Waals surface area contributed by atoms with E-state index in [4.69, 9.17) is 0 Å². The van der Waals surface area contributed by atoms with Gasteiger partial charge in [-0.3, -0.25) is 0 Å². The van der Waals surface area contributed by atoms with Crippen LogP contribution in [0.15, 0.2) is 158 Å². The van der Waals surface area contributed by atoms with E-state index in [0.717, 1.165) is 6.42 Å². The molecule has 0 atom stereocenters. The average molecular weight is 740 g/mol. The highest BCUT2D eigenvalue weighted by atomic mass is 15.1. The smallest absolute Gasteiger partial charge is 0.0714 e. The van der Waals surface area contributed by atoms with Gasteiger partial charge in [0, 0.05) is 16.9 Å². The van der Waals surface area contributed by atoms with Gasteiger partial charge in [0.15, 0.2) is 0 Å². The minimum atomic E-state index is -0.503. The highest BCUT2D eigenvalue weighted by Gasteiger charge is 2.47. The van der Waals surface area contributed by atoms with Gasteiger partial charge in [-0.15, -0.1) is 0 Å². The molecule has 57 heavy (non-hydrogen) atoms. The summed E-state index contributed by atoms with van der Waals surface area (Å²) in [7, 11) is 0. The highest BCUT2D eigenvalue weighted by Crippen LogP contribution is 2.59. The van der Waals surface area contributed by atoms with Crippen molar-refractivity contribution in [3.05, 3.63) is 208 Å². The zero-order valence-corrected chi connectivity index (χ0v) is 34.2. The highest BCUT2D eigenvalue weighted by molar-refractivity contribution is 5.97. The molecule has 3 aliphatic rings. The van der Waals surface area contributed by atoms with E-state index < -0.39 is 5.41 Å². The Morgan fingerprint density at radius 2 is 1.00 bits per heavy atom. The van der Waals surface area contributed by atoms with Crippen LogP contribution >= 0.6 is 0 Å². The monoisotopic (exact) mass is 739 g/mol. The van der Waals surface area contributed by atoms with Crippen molar-refractivity contribution in [2.75, 3.05) is 4.90 Å². The Labute approximate surface area is 340 Å². The van der Waals surface area contributed by atoms with Crippen LogP contribution in [-0.2, 0) is 29.1 Å². The number of para-hydroxylation sites is 1. The van der Waals surface area contributed by atoms with Crippen LogP contribution in [-0.4, -0.2) is 0 Å². The first-order valence-corrected chi connectivity index (χ1v) is 21.2. The van der Waals surface area contributed by atoms with Crippen molar-refractivity contribution in [3.8, 4) is 22.3 Å². The van der Waals surface area contributed by atoms with Crippen LogP contribution in [0.1, 0.15) is 103 Å². The first-order chi connectivity index (χ1) is 27.7. The van der Waals surface area contributed by atoms with Gasteiger partial charge in [-0.25, -0.2) is 0 Å². The second-order valence-electron chi connectivity index (χ2n) is 18.3. The molecule has 7 aromatic rings. The van der Waals surface area contributed by atoms with Crippen molar-refractivity contribution in [1.82, 2.24) is 0 Å². The number of hydrogen-bond acceptors (Lipinski definition) is 1. The summed E-state index contributed by atoms with van der Waals surface area (Å²) >= 11 is 0. The number of fused-ring (bicyclic) bond motifs is 5. The van der Waals surface area contributed by atoms with Crippen LogP contribution in [0.3, 0.4) is 0 Å². The third kappa shape index (κ3) is 5.65. The van der Waals surface area contributed by atoms with Crippen molar-refractivity contribution in [1.29, 1.82) is 0 Å². The lowest BCUT2D eigenvalue weighted by atomic mass is 9.63. The third-order valence-electron chi connectivity index (χ3n) is 13.9. The van der Waals surface area contributed by atoms with Crippen LogP contribution in [0.5, 0.6) is 0 Å². The van der Waals surface area contributed by atoms with Gasteiger partial charge >= 0.3 is 0 Å². The van der Waals surface area contributed by atoms with Crippen molar-refractivity contribution in [2.24, 2.45) is 0 Å². The molecule has 0 saturated heterocycles. The lowest BCUT2D eigenvalue weighted by molar-refractivity contribution is 0.332. The average Bonchev–Trinajstić information content (AvgIpc) is 3.53. The van der Waals surface area contributed by atoms with Crippen LogP contribution in [0, 0.1) is 6.92 Å². The zero-order valence-electron chi connectivity index (χ0n) is 34.2. The predicted octanol–water partition coefficient (Wildman–Crippen LogP) is 14.7. The summed E-state index contributed by atoms with van der Waals surface area (Å²) < 4.78 is 0. The van der Waals surface area contributed by atoms with Gasteiger partial charge in [0.25, 0.3) is 0 Å². The maximum Gasteiger partial charge on any atom is 0.0714 e. The molecule has 0 bridgehead atoms. The summed E-state index contributed by atoms with van der Waals surface area (Å²) in [5, 5.41) is 0. The SMILES string of the molecule is Cc1cc2c(cc1-c1cc3c(cc1N(c1ccccc1)c1ccc4c(c1)C(C)(C)CCC4(C)C)C(c1ccccc1)(c1ccccc1)c1ccccc1-3)CCCC2. The Bertz CT molecular complexity index is 2590. The normalized spacial score (nSPS) is 16.9. The maximum atomic E-state index is 2.59. The molecule has 282 valence electrons. The fraction of sp³-hybridized carbons (Fsp3) is 0.250. The summed E-state index contributed by atoms with van der Waals surface area (Å²) in [5.74, 6) is 0. The van der Waals surface area contributed by atoms with Gasteiger partial charge in [-0.05, 0) is 159 Å². The van der Waals surface area contributed by atoms with Gasteiger partial charge in [-0.2, -0.15) is 0 Å². The molecule has 3 aliphatic carbocycles. The first-order valence-electron chi connectivity index (χ1n) is 21.2. The lowest BCUT2D eigenvalue weighted by Gasteiger charge is -2.42. The molecule has 1 heteroatoms. The molecule has 1 nitrogen and oxygen atoms in total. The Hall–Kier alpha value is -5.66. The minimum absolute atomic E-state index is 0.0798. The second-order valence-corrected chi connectivity index (χ2v) is 18.3. The van der Waals surface area contributed by atoms with E-state index in [0.29, 0.717) is 0 Å². The zero-order chi connectivity index (χ0) is 38.9. The minimum Gasteiger partial charge on any atom is -0.310 e. The fourth-order valence-electron chi connectivity index (χ4n) is 10.8. The van der Waals surface area contributed by atoms with Gasteiger partial charge < -0.3 is 4.90 Å². The van der Waals surface area contributed by atoms with Gasteiger partial charge in [0.05, 0.1) is 11.1 Å². The Morgan fingerprint density at radius 3 is 1.67 bits per heavy atom. The number of rotatable bonds is 6. The Morgan fingerprint density at radius 1 is 0.421 bits per heavy atom. The molecule has 0 saturated carbocycles. The van der Waals surface area contributed by atoms with E-state index in [1.807, 2.05) is 0 Å². The molecule has 0 amide bonds. The van der Waals surface area contributed by atoms with E-state index in [1.165, 1.54) is 121 Å². The van der Waals surface area contributed by atoms with Crippen LogP contribution < -0.4 is 4.90 Å². The topological polar surface area (TPSA) is 3.24 Å². The van der Waals surface area contributed by atoms with Crippen LogP contribution in [0.25, 0.3) is 22.3 Å². The summed E-state index contributed by atoms with van der Waals surface area (Å²) in [6.07, 6.45) is 7.23. The number of benzene rings is 7. The molecule has 0 radical (unpaired) electrons. The van der Waals surface area contributed by atoms with Gasteiger partial charge in [0.2, 0.25) is 0 Å². The fourth-order valence-corrected chi connectivity index (χ4v) is 10.8. The van der Waals surface area contributed by atoms with Crippen molar-refractivity contribution < 1.29 is 0 Å². The Kier molecular flexibility index (Phi) is 8.45. The van der Waals surface area contributed by atoms with E-state index in [9.17, 15) is 0 Å². The number of anilines is 3. The summed E-state index contributed by atoms with van der Waals surface area (Å²) in [6, 6.07) is 60.4. The molecule has 0 aliphatic heterocycles. The summed E-state index contributed by atoms with van der Waals surface area (Å²) in [4.78, 5) is 2.58. The van der Waals surface area contributed by atoms with E-state index >= 15 is 0 Å². The molecule has 0 N–H and O–H groups in total. The number of hydrogen-bond donors (Lipinski definition) is 0. The Balaban J connectivity index is 1.34. The molecular weight excluding hydrogens is 687 g/mol. The standard InChI is InChI=1S/C56H53N/c1-38-33-39-19-15-16-20-40(39)34-46(38)48-36-47-45-27-17-18-28-49(45)56(41-21-9-6-10-22-41,42-23-11-7-12-24-42)51(47)37-53(48)57(43-25-13-8-14-26-43)44-29-30-50-52(35-44)55(4,5)32-31-54(50,2)3/h6-14,17-18,21-30,33-37H,15-16,19-20,31-32H2,1-5H3. The summed E-state index contributed by atoms with van der Waals surface area (Å²) in [6.45, 7) is 12.1. The molecule has 0 heterocycles. The maximum absolute atomic E-state index is 2.59. The lowest BCUT2D eigenvalue weighted by Crippen LogP contribution is -2.34. The van der Waals surface area contributed by atoms with E-state index in [1.54, 1.807) is 0 Å². The molecule has 0 spiro atoms. The van der Waals surface area contributed by atoms with Gasteiger partial charge in [0.1, 0.15) is 0 Å². The molecule has 10 rings (SSSR count). The van der Waals surface area contributed by atoms with E-state index in [2.05, 4.69) is 197 Å². The van der Waals surface area contributed by atoms with Crippen molar-refractivity contribution in [3.63, 3.8) is 0 Å². The molecular formula is C56H53N.